The molecular weight excluding hydrogens is 346 g/mol. The lowest BCUT2D eigenvalue weighted by Gasteiger charge is -2.05. The molecule has 0 bridgehead atoms. The third-order valence-corrected chi connectivity index (χ3v) is 5.78. The lowest BCUT2D eigenvalue weighted by molar-refractivity contribution is 0.415. The van der Waals surface area contributed by atoms with Crippen LogP contribution in [0.1, 0.15) is 11.1 Å². The minimum absolute atomic E-state index is 0.112. The number of benzene rings is 3. The number of fused-ring (bicyclic) bond motifs is 1. The van der Waals surface area contributed by atoms with Gasteiger partial charge in [-0.15, -0.1) is 0 Å². The first kappa shape index (κ1) is 17.7. The molecule has 0 atom stereocenters. The minimum Gasteiger partial charge on any atom is -0.497 e. The second-order valence-electron chi connectivity index (χ2n) is 5.91. The van der Waals surface area contributed by atoms with Crippen LogP contribution in [0.5, 0.6) is 5.75 Å². The highest BCUT2D eigenvalue weighted by Gasteiger charge is 2.20. The number of nitrogens with zero attached hydrogens (tertiary/aromatic N) is 1. The van der Waals surface area contributed by atoms with Gasteiger partial charge in [0, 0.05) is 0 Å². The van der Waals surface area contributed by atoms with Crippen molar-refractivity contribution in [3.05, 3.63) is 76.7 Å². The highest BCUT2D eigenvalue weighted by molar-refractivity contribution is 7.95. The largest absolute Gasteiger partial charge is 0.497 e. The number of sulfone groups is 1. The minimum atomic E-state index is -3.85. The van der Waals surface area contributed by atoms with Crippen molar-refractivity contribution in [1.82, 2.24) is 0 Å². The Labute approximate surface area is 152 Å². The van der Waals surface area contributed by atoms with Crippen LogP contribution in [0.15, 0.2) is 70.5 Å². The molecule has 0 aliphatic rings. The van der Waals surface area contributed by atoms with E-state index in [9.17, 15) is 13.7 Å². The third kappa shape index (κ3) is 3.46. The number of hydrogen-bond donors (Lipinski definition) is 0. The highest BCUT2D eigenvalue weighted by Crippen LogP contribution is 2.25. The molecule has 130 valence electrons. The summed E-state index contributed by atoms with van der Waals surface area (Å²) < 4.78 is 30.6. The van der Waals surface area contributed by atoms with Crippen molar-refractivity contribution in [3.63, 3.8) is 0 Å². The van der Waals surface area contributed by atoms with E-state index in [1.807, 2.05) is 43.3 Å². The average molecular weight is 363 g/mol. The molecule has 3 rings (SSSR count). The lowest BCUT2D eigenvalue weighted by Crippen LogP contribution is -2.03. The number of methoxy groups -OCH3 is 1. The SMILES string of the molecule is COc1ccc2cc(/C=C(\C#N)S(=O)(=O)c3ccc(C)cc3)ccc2c1. The molecule has 0 fully saturated rings. The Kier molecular flexibility index (Phi) is 4.79. The van der Waals surface area contributed by atoms with Gasteiger partial charge in [0.2, 0.25) is 9.84 Å². The van der Waals surface area contributed by atoms with E-state index >= 15 is 0 Å². The van der Waals surface area contributed by atoms with Crippen molar-refractivity contribution in [2.45, 2.75) is 11.8 Å². The third-order valence-electron chi connectivity index (χ3n) is 4.10. The monoisotopic (exact) mass is 363 g/mol. The van der Waals surface area contributed by atoms with Crippen molar-refractivity contribution in [3.8, 4) is 11.8 Å². The molecule has 0 saturated carbocycles. The molecule has 0 aromatic heterocycles. The van der Waals surface area contributed by atoms with Gasteiger partial charge in [0.05, 0.1) is 12.0 Å². The Bertz CT molecular complexity index is 1140. The maximum atomic E-state index is 12.7. The molecule has 0 aliphatic heterocycles. The van der Waals surface area contributed by atoms with Crippen LogP contribution in [0, 0.1) is 18.3 Å². The number of aryl methyl sites for hydroxylation is 1. The van der Waals surface area contributed by atoms with Gasteiger partial charge in [0.25, 0.3) is 0 Å². The van der Waals surface area contributed by atoms with Gasteiger partial charge in [-0.3, -0.25) is 0 Å². The van der Waals surface area contributed by atoms with E-state index in [0.717, 1.165) is 22.1 Å². The smallest absolute Gasteiger partial charge is 0.216 e. The average Bonchev–Trinajstić information content (AvgIpc) is 2.65. The van der Waals surface area contributed by atoms with Crippen LogP contribution in [-0.2, 0) is 9.84 Å². The van der Waals surface area contributed by atoms with Crippen molar-refractivity contribution in [2.24, 2.45) is 0 Å². The van der Waals surface area contributed by atoms with Crippen LogP contribution in [0.3, 0.4) is 0 Å². The van der Waals surface area contributed by atoms with Crippen LogP contribution in [0.4, 0.5) is 0 Å². The van der Waals surface area contributed by atoms with Crippen molar-refractivity contribution < 1.29 is 13.2 Å². The summed E-state index contributed by atoms with van der Waals surface area (Å²) >= 11 is 0. The summed E-state index contributed by atoms with van der Waals surface area (Å²) in [5, 5.41) is 11.3. The van der Waals surface area contributed by atoms with Crippen LogP contribution in [-0.4, -0.2) is 15.5 Å². The van der Waals surface area contributed by atoms with E-state index in [-0.39, 0.29) is 9.80 Å². The molecule has 0 N–H and O–H groups in total. The zero-order valence-electron chi connectivity index (χ0n) is 14.4. The van der Waals surface area contributed by atoms with Gasteiger partial charge in [0.15, 0.2) is 0 Å². The highest BCUT2D eigenvalue weighted by atomic mass is 32.2. The number of nitriles is 1. The summed E-state index contributed by atoms with van der Waals surface area (Å²) in [6.07, 6.45) is 1.40. The van der Waals surface area contributed by atoms with E-state index in [1.165, 1.54) is 18.2 Å². The summed E-state index contributed by atoms with van der Waals surface area (Å²) in [7, 11) is -2.25. The molecular formula is C21H17NO3S. The van der Waals surface area contributed by atoms with E-state index in [0.29, 0.717) is 5.56 Å². The maximum Gasteiger partial charge on any atom is 0.216 e. The summed E-state index contributed by atoms with van der Waals surface area (Å²) in [6.45, 7) is 1.88. The normalized spacial score (nSPS) is 12.0. The molecule has 0 aliphatic carbocycles. The second-order valence-corrected chi connectivity index (χ2v) is 7.83. The van der Waals surface area contributed by atoms with Gasteiger partial charge in [-0.1, -0.05) is 35.9 Å². The lowest BCUT2D eigenvalue weighted by atomic mass is 10.1. The first-order valence-corrected chi connectivity index (χ1v) is 9.44. The Morgan fingerprint density at radius 2 is 1.65 bits per heavy atom. The molecule has 3 aromatic carbocycles. The fraction of sp³-hybridized carbons (Fsp3) is 0.0952. The Balaban J connectivity index is 2.05. The first-order valence-electron chi connectivity index (χ1n) is 7.95. The fourth-order valence-corrected chi connectivity index (χ4v) is 3.78. The van der Waals surface area contributed by atoms with Crippen LogP contribution in [0.2, 0.25) is 0 Å². The zero-order chi connectivity index (χ0) is 18.7. The van der Waals surface area contributed by atoms with Gasteiger partial charge in [-0.2, -0.15) is 5.26 Å². The predicted octanol–water partition coefficient (Wildman–Crippen LogP) is 4.50. The molecule has 0 radical (unpaired) electrons. The molecule has 0 amide bonds. The molecule has 26 heavy (non-hydrogen) atoms. The van der Waals surface area contributed by atoms with Gasteiger partial charge in [-0.25, -0.2) is 8.42 Å². The van der Waals surface area contributed by atoms with Crippen molar-refractivity contribution in [1.29, 1.82) is 5.26 Å². The Hall–Kier alpha value is -3.10. The number of hydrogen-bond acceptors (Lipinski definition) is 4. The number of ether oxygens (including phenoxy) is 1. The van der Waals surface area contributed by atoms with Crippen LogP contribution >= 0.6 is 0 Å². The molecule has 0 heterocycles. The number of allylic oxidation sites excluding steroid dienone is 1. The van der Waals surface area contributed by atoms with Gasteiger partial charge in [0.1, 0.15) is 16.7 Å². The van der Waals surface area contributed by atoms with E-state index in [2.05, 4.69) is 0 Å². The van der Waals surface area contributed by atoms with Crippen LogP contribution < -0.4 is 4.74 Å². The standard InChI is InChI=1S/C21H17NO3S/c1-15-3-9-20(10-4-15)26(23,24)21(14-22)12-16-5-6-18-13-19(25-2)8-7-17(18)11-16/h3-13H,1-2H3/b21-12+. The molecule has 0 saturated heterocycles. The molecule has 5 heteroatoms. The predicted molar refractivity (Wildman–Crippen MR) is 102 cm³/mol. The summed E-state index contributed by atoms with van der Waals surface area (Å²) in [4.78, 5) is -0.171. The molecule has 0 spiro atoms. The summed E-state index contributed by atoms with van der Waals surface area (Å²) in [5.74, 6) is 0.750. The van der Waals surface area contributed by atoms with E-state index in [1.54, 1.807) is 25.3 Å². The fourth-order valence-electron chi connectivity index (χ4n) is 2.62. The summed E-state index contributed by atoms with van der Waals surface area (Å²) in [5.41, 5.74) is 1.60. The van der Waals surface area contributed by atoms with Crippen molar-refractivity contribution >= 4 is 26.7 Å². The topological polar surface area (TPSA) is 67.2 Å². The van der Waals surface area contributed by atoms with Crippen LogP contribution in [0.25, 0.3) is 16.8 Å². The first-order chi connectivity index (χ1) is 12.4. The number of rotatable bonds is 4. The Morgan fingerprint density at radius 3 is 2.31 bits per heavy atom. The van der Waals surface area contributed by atoms with Gasteiger partial charge < -0.3 is 4.74 Å². The second kappa shape index (κ2) is 7.03. The van der Waals surface area contributed by atoms with E-state index < -0.39 is 9.84 Å². The van der Waals surface area contributed by atoms with Crippen molar-refractivity contribution in [2.75, 3.05) is 7.11 Å². The van der Waals surface area contributed by atoms with Gasteiger partial charge >= 0.3 is 0 Å². The maximum absolute atomic E-state index is 12.7. The zero-order valence-corrected chi connectivity index (χ0v) is 15.2. The summed E-state index contributed by atoms with van der Waals surface area (Å²) in [6, 6.07) is 19.4. The molecule has 3 aromatic rings. The molecule has 4 nitrogen and oxygen atoms in total. The van der Waals surface area contributed by atoms with Gasteiger partial charge in [-0.05, 0) is 59.7 Å². The Morgan fingerprint density at radius 1 is 1.00 bits per heavy atom. The molecule has 0 unspecified atom stereocenters. The van der Waals surface area contributed by atoms with E-state index in [4.69, 9.17) is 4.74 Å². The quantitative estimate of drug-likeness (QED) is 0.640.